The van der Waals surface area contributed by atoms with Gasteiger partial charge < -0.3 is 11.0 Å². The van der Waals surface area contributed by atoms with Gasteiger partial charge in [-0.1, -0.05) is 11.6 Å². The van der Waals surface area contributed by atoms with E-state index in [0.717, 1.165) is 0 Å². The highest BCUT2D eigenvalue weighted by atomic mass is 35.5. The van der Waals surface area contributed by atoms with Crippen molar-refractivity contribution in [2.45, 2.75) is 4.90 Å². The van der Waals surface area contributed by atoms with Crippen LogP contribution in [0.5, 0.6) is 0 Å². The van der Waals surface area contributed by atoms with Gasteiger partial charge in [0.1, 0.15) is 0 Å². The molecule has 0 saturated heterocycles. The normalized spacial score (nSPS) is 9.69. The van der Waals surface area contributed by atoms with Crippen LogP contribution >= 0.6 is 11.6 Å². The van der Waals surface area contributed by atoms with Gasteiger partial charge in [0.2, 0.25) is 0 Å². The van der Waals surface area contributed by atoms with E-state index in [9.17, 15) is 8.42 Å². The van der Waals surface area contributed by atoms with E-state index in [0.29, 0.717) is 5.02 Å². The van der Waals surface area contributed by atoms with E-state index in [2.05, 4.69) is 0 Å². The summed E-state index contributed by atoms with van der Waals surface area (Å²) in [5, 5.41) is 0.428. The van der Waals surface area contributed by atoms with Gasteiger partial charge in [-0.05, 0) is 24.3 Å². The maximum Gasteiger partial charge on any atom is 0.294 e. The van der Waals surface area contributed by atoms with Gasteiger partial charge in [0.25, 0.3) is 10.1 Å². The fourth-order valence-corrected chi connectivity index (χ4v) is 1.21. The first kappa shape index (κ1) is 14.8. The Hall–Kier alpha value is -0.660. The van der Waals surface area contributed by atoms with Crippen LogP contribution in [0.4, 0.5) is 0 Å². The van der Waals surface area contributed by atoms with E-state index in [4.69, 9.17) is 16.2 Å². The van der Waals surface area contributed by atoms with Crippen molar-refractivity contribution in [1.29, 1.82) is 0 Å². The largest absolute Gasteiger partial charge is 0.412 e. The first-order valence-electron chi connectivity index (χ1n) is 2.73. The van der Waals surface area contributed by atoms with Gasteiger partial charge in [0.15, 0.2) is 0 Å². The lowest BCUT2D eigenvalue weighted by Gasteiger charge is -1.94. The third-order valence-corrected chi connectivity index (χ3v) is 2.23. The fourth-order valence-electron chi connectivity index (χ4n) is 0.607. The first-order chi connectivity index (χ1) is 5.00. The lowest BCUT2D eigenvalue weighted by Crippen LogP contribution is -1.96. The molecule has 0 unspecified atom stereocenters. The van der Waals surface area contributed by atoms with Crippen LogP contribution < -0.4 is 0 Å². The number of halogens is 1. The Kier molecular flexibility index (Phi) is 5.88. The third-order valence-electron chi connectivity index (χ3n) is 1.11. The van der Waals surface area contributed by atoms with Gasteiger partial charge >= 0.3 is 0 Å². The minimum atomic E-state index is -4.08. The summed E-state index contributed by atoms with van der Waals surface area (Å²) < 4.78 is 29.4. The molecule has 7 heteroatoms. The highest BCUT2D eigenvalue weighted by molar-refractivity contribution is 7.85. The number of benzene rings is 1. The molecule has 0 aliphatic carbocycles. The molecule has 1 aromatic carbocycles. The van der Waals surface area contributed by atoms with E-state index >= 15 is 0 Å². The molecule has 5 N–H and O–H groups in total. The zero-order chi connectivity index (χ0) is 8.48. The molecule has 1 rings (SSSR count). The second-order valence-electron chi connectivity index (χ2n) is 1.93. The highest BCUT2D eigenvalue weighted by Crippen LogP contribution is 2.12. The first-order valence-corrected chi connectivity index (χ1v) is 4.55. The summed E-state index contributed by atoms with van der Waals surface area (Å²) >= 11 is 5.49. The molecule has 0 radical (unpaired) electrons. The minimum Gasteiger partial charge on any atom is -0.412 e. The molecular formula is C6H9ClO5S. The van der Waals surface area contributed by atoms with Crippen LogP contribution in [0, 0.1) is 0 Å². The summed E-state index contributed by atoms with van der Waals surface area (Å²) in [6.45, 7) is 0. The molecule has 0 saturated carbocycles. The summed E-state index contributed by atoms with van der Waals surface area (Å²) in [5.41, 5.74) is 0. The second kappa shape index (κ2) is 5.15. The Labute approximate surface area is 80.3 Å². The van der Waals surface area contributed by atoms with Crippen LogP contribution in [0.15, 0.2) is 29.2 Å². The lowest BCUT2D eigenvalue weighted by atomic mass is 10.4. The fraction of sp³-hybridized carbons (Fsp3) is 0. The predicted octanol–water partition coefficient (Wildman–Crippen LogP) is -0.0627. The molecule has 0 aromatic heterocycles. The molecule has 0 atom stereocenters. The molecule has 0 fully saturated rings. The smallest absolute Gasteiger partial charge is 0.294 e. The topological polar surface area (TPSA) is 117 Å². The van der Waals surface area contributed by atoms with Gasteiger partial charge in [0, 0.05) is 5.02 Å². The Morgan fingerprint density at radius 2 is 1.46 bits per heavy atom. The van der Waals surface area contributed by atoms with Crippen LogP contribution in [0.1, 0.15) is 0 Å². The molecule has 0 spiro atoms. The van der Waals surface area contributed by atoms with E-state index < -0.39 is 10.1 Å². The van der Waals surface area contributed by atoms with Gasteiger partial charge in [0.05, 0.1) is 4.90 Å². The Balaban J connectivity index is 0. The molecule has 5 nitrogen and oxygen atoms in total. The molecule has 13 heavy (non-hydrogen) atoms. The summed E-state index contributed by atoms with van der Waals surface area (Å²) in [6, 6.07) is 5.25. The quantitative estimate of drug-likeness (QED) is 0.678. The van der Waals surface area contributed by atoms with Crippen molar-refractivity contribution < 1.29 is 23.9 Å². The second-order valence-corrected chi connectivity index (χ2v) is 3.79. The molecule has 0 amide bonds. The van der Waals surface area contributed by atoms with Gasteiger partial charge in [-0.25, -0.2) is 0 Å². The summed E-state index contributed by atoms with van der Waals surface area (Å²) in [4.78, 5) is -0.151. The van der Waals surface area contributed by atoms with Crippen molar-refractivity contribution in [2.75, 3.05) is 0 Å². The highest BCUT2D eigenvalue weighted by Gasteiger charge is 2.07. The molecular weight excluding hydrogens is 220 g/mol. The van der Waals surface area contributed by atoms with Crippen LogP contribution in [0.2, 0.25) is 5.02 Å². The average Bonchev–Trinajstić information content (AvgIpc) is 1.86. The van der Waals surface area contributed by atoms with Crippen molar-refractivity contribution in [1.82, 2.24) is 0 Å². The van der Waals surface area contributed by atoms with Gasteiger partial charge in [-0.3, -0.25) is 4.55 Å². The monoisotopic (exact) mass is 228 g/mol. The van der Waals surface area contributed by atoms with E-state index in [1.165, 1.54) is 24.3 Å². The molecule has 76 valence electrons. The van der Waals surface area contributed by atoms with Crippen LogP contribution in [-0.2, 0) is 10.1 Å². The predicted molar refractivity (Wildman–Crippen MR) is 48.5 cm³/mol. The summed E-state index contributed by atoms with van der Waals surface area (Å²) in [7, 11) is -4.08. The Morgan fingerprint density at radius 3 is 1.77 bits per heavy atom. The standard InChI is InChI=1S/C6H5ClO3S.2H2O/c7-5-1-3-6(4-2-5)11(8,9)10;;/h1-4H,(H,8,9,10);2*1H2. The maximum absolute atomic E-state index is 10.5. The Morgan fingerprint density at radius 1 is 1.08 bits per heavy atom. The van der Waals surface area contributed by atoms with Crippen LogP contribution in [0.3, 0.4) is 0 Å². The van der Waals surface area contributed by atoms with Gasteiger partial charge in [-0.15, -0.1) is 0 Å². The zero-order valence-electron chi connectivity index (χ0n) is 6.36. The summed E-state index contributed by atoms with van der Waals surface area (Å²) in [5.74, 6) is 0. The Bertz CT molecular complexity index is 344. The van der Waals surface area contributed by atoms with E-state index in [1.54, 1.807) is 0 Å². The zero-order valence-corrected chi connectivity index (χ0v) is 7.93. The molecule has 0 aliphatic heterocycles. The summed E-state index contributed by atoms with van der Waals surface area (Å²) in [6.07, 6.45) is 0. The molecule has 0 bridgehead atoms. The van der Waals surface area contributed by atoms with Gasteiger partial charge in [-0.2, -0.15) is 8.42 Å². The van der Waals surface area contributed by atoms with Crippen molar-refractivity contribution in [3.8, 4) is 0 Å². The van der Waals surface area contributed by atoms with Crippen LogP contribution in [-0.4, -0.2) is 23.9 Å². The van der Waals surface area contributed by atoms with E-state index in [1.807, 2.05) is 0 Å². The van der Waals surface area contributed by atoms with Crippen molar-refractivity contribution in [3.63, 3.8) is 0 Å². The molecule has 0 heterocycles. The SMILES string of the molecule is O.O.O=S(=O)(O)c1ccc(Cl)cc1. The van der Waals surface area contributed by atoms with Crippen LogP contribution in [0.25, 0.3) is 0 Å². The van der Waals surface area contributed by atoms with Crippen molar-refractivity contribution >= 4 is 21.7 Å². The third kappa shape index (κ3) is 4.20. The molecule has 0 aliphatic rings. The molecule has 1 aromatic rings. The number of hydrogen-bond acceptors (Lipinski definition) is 2. The van der Waals surface area contributed by atoms with E-state index in [-0.39, 0.29) is 15.8 Å². The number of hydrogen-bond donors (Lipinski definition) is 1. The average molecular weight is 229 g/mol. The minimum absolute atomic E-state index is 0. The lowest BCUT2D eigenvalue weighted by molar-refractivity contribution is 0.483. The van der Waals surface area contributed by atoms with Crippen molar-refractivity contribution in [3.05, 3.63) is 29.3 Å². The number of rotatable bonds is 1. The maximum atomic E-state index is 10.5. The van der Waals surface area contributed by atoms with Crippen molar-refractivity contribution in [2.24, 2.45) is 0 Å².